The maximum absolute atomic E-state index is 12.6. The van der Waals surface area contributed by atoms with Crippen LogP contribution in [0.25, 0.3) is 0 Å². The Morgan fingerprint density at radius 3 is 2.53 bits per heavy atom. The molecule has 2 rings (SSSR count). The Morgan fingerprint density at radius 1 is 1.42 bits per heavy atom. The van der Waals surface area contributed by atoms with E-state index in [2.05, 4.69) is 15.9 Å². The summed E-state index contributed by atoms with van der Waals surface area (Å²) in [6.07, 6.45) is 2.93. The lowest BCUT2D eigenvalue weighted by Crippen LogP contribution is -2.41. The van der Waals surface area contributed by atoms with Gasteiger partial charge in [-0.25, -0.2) is 8.42 Å². The smallest absolute Gasteiger partial charge is 0.244 e. The van der Waals surface area contributed by atoms with Gasteiger partial charge in [0.1, 0.15) is 0 Å². The van der Waals surface area contributed by atoms with Gasteiger partial charge in [-0.2, -0.15) is 4.31 Å². The summed E-state index contributed by atoms with van der Waals surface area (Å²) >= 11 is 3.35. The van der Waals surface area contributed by atoms with Crippen molar-refractivity contribution in [2.45, 2.75) is 43.7 Å². The standard InChI is InChI=1S/C13H18BrNO3S/c1-9-6-10(8-16)7-12(13(9)14)19(17,18)15(2)11-4-3-5-11/h6-7,11,16H,3-5,8H2,1-2H3. The first-order valence-electron chi connectivity index (χ1n) is 6.26. The van der Waals surface area contributed by atoms with Crippen molar-refractivity contribution < 1.29 is 13.5 Å². The molecular weight excluding hydrogens is 330 g/mol. The third-order valence-electron chi connectivity index (χ3n) is 3.71. The molecule has 0 aliphatic heterocycles. The lowest BCUT2D eigenvalue weighted by atomic mass is 9.94. The fraction of sp³-hybridized carbons (Fsp3) is 0.538. The number of rotatable bonds is 4. The summed E-state index contributed by atoms with van der Waals surface area (Å²) in [5.74, 6) is 0. The molecule has 1 fully saturated rings. The quantitative estimate of drug-likeness (QED) is 0.909. The minimum atomic E-state index is -3.51. The zero-order valence-electron chi connectivity index (χ0n) is 11.1. The summed E-state index contributed by atoms with van der Waals surface area (Å²) in [6.45, 7) is 1.66. The molecule has 0 spiro atoms. The summed E-state index contributed by atoms with van der Waals surface area (Å²) < 4.78 is 27.3. The molecule has 1 aromatic carbocycles. The summed E-state index contributed by atoms with van der Waals surface area (Å²) in [6, 6.07) is 3.43. The Kier molecular flexibility index (Phi) is 4.35. The first-order valence-corrected chi connectivity index (χ1v) is 8.49. The van der Waals surface area contributed by atoms with E-state index >= 15 is 0 Å². The third kappa shape index (κ3) is 2.72. The van der Waals surface area contributed by atoms with Crippen molar-refractivity contribution in [3.63, 3.8) is 0 Å². The number of aryl methyl sites for hydroxylation is 1. The van der Waals surface area contributed by atoms with Crippen molar-refractivity contribution >= 4 is 26.0 Å². The lowest BCUT2D eigenvalue weighted by molar-refractivity contribution is 0.249. The maximum atomic E-state index is 12.6. The van der Waals surface area contributed by atoms with Crippen LogP contribution in [0.5, 0.6) is 0 Å². The third-order valence-corrected chi connectivity index (χ3v) is 6.96. The molecule has 0 bridgehead atoms. The first kappa shape index (κ1) is 15.0. The van der Waals surface area contributed by atoms with Crippen molar-refractivity contribution in [2.24, 2.45) is 0 Å². The highest BCUT2D eigenvalue weighted by atomic mass is 79.9. The largest absolute Gasteiger partial charge is 0.392 e. The van der Waals surface area contributed by atoms with Crippen LogP contribution in [-0.4, -0.2) is 30.9 Å². The van der Waals surface area contributed by atoms with E-state index in [-0.39, 0.29) is 17.5 Å². The number of hydrogen-bond acceptors (Lipinski definition) is 3. The number of aliphatic hydroxyl groups is 1. The van der Waals surface area contributed by atoms with Gasteiger partial charge in [-0.15, -0.1) is 0 Å². The molecule has 0 amide bonds. The van der Waals surface area contributed by atoms with Gasteiger partial charge in [-0.3, -0.25) is 0 Å². The Hall–Kier alpha value is -0.430. The van der Waals surface area contributed by atoms with Crippen LogP contribution in [0.2, 0.25) is 0 Å². The molecule has 0 saturated heterocycles. The Labute approximate surface area is 122 Å². The van der Waals surface area contributed by atoms with Gasteiger partial charge in [0.25, 0.3) is 0 Å². The van der Waals surface area contributed by atoms with Crippen molar-refractivity contribution in [3.8, 4) is 0 Å². The van der Waals surface area contributed by atoms with E-state index in [1.165, 1.54) is 4.31 Å². The van der Waals surface area contributed by atoms with E-state index in [1.807, 2.05) is 6.92 Å². The molecule has 0 aromatic heterocycles. The molecule has 4 nitrogen and oxygen atoms in total. The van der Waals surface area contributed by atoms with Crippen molar-refractivity contribution in [1.29, 1.82) is 0 Å². The number of hydrogen-bond donors (Lipinski definition) is 1. The molecule has 1 N–H and O–H groups in total. The van der Waals surface area contributed by atoms with Gasteiger partial charge in [0.15, 0.2) is 0 Å². The summed E-state index contributed by atoms with van der Waals surface area (Å²) in [7, 11) is -1.88. The molecule has 0 atom stereocenters. The second kappa shape index (κ2) is 5.52. The highest BCUT2D eigenvalue weighted by Crippen LogP contribution is 2.33. The topological polar surface area (TPSA) is 57.6 Å². The molecule has 6 heteroatoms. The van der Waals surface area contributed by atoms with E-state index in [0.29, 0.717) is 10.0 Å². The molecule has 19 heavy (non-hydrogen) atoms. The van der Waals surface area contributed by atoms with Gasteiger partial charge in [0, 0.05) is 17.6 Å². The van der Waals surface area contributed by atoms with E-state index < -0.39 is 10.0 Å². The molecule has 1 saturated carbocycles. The van der Waals surface area contributed by atoms with E-state index in [1.54, 1.807) is 19.2 Å². The molecule has 1 aliphatic carbocycles. The molecule has 1 aliphatic rings. The molecule has 0 radical (unpaired) electrons. The fourth-order valence-electron chi connectivity index (χ4n) is 2.19. The average Bonchev–Trinajstić information content (AvgIpc) is 2.29. The van der Waals surface area contributed by atoms with Crippen molar-refractivity contribution in [1.82, 2.24) is 4.31 Å². The number of aliphatic hydroxyl groups excluding tert-OH is 1. The molecular formula is C13H18BrNO3S. The van der Waals surface area contributed by atoms with E-state index in [9.17, 15) is 13.5 Å². The van der Waals surface area contributed by atoms with Crippen LogP contribution >= 0.6 is 15.9 Å². The predicted octanol–water partition coefficient (Wildman–Crippen LogP) is 2.42. The minimum absolute atomic E-state index is 0.106. The zero-order chi connectivity index (χ0) is 14.2. The second-order valence-corrected chi connectivity index (χ2v) is 7.75. The summed E-state index contributed by atoms with van der Waals surface area (Å²) in [5.41, 5.74) is 1.42. The first-order chi connectivity index (χ1) is 8.87. The maximum Gasteiger partial charge on any atom is 0.244 e. The van der Waals surface area contributed by atoms with Crippen molar-refractivity contribution in [2.75, 3.05) is 7.05 Å². The SMILES string of the molecule is Cc1cc(CO)cc(S(=O)(=O)N(C)C2CCC2)c1Br. The molecule has 0 unspecified atom stereocenters. The van der Waals surface area contributed by atoms with Gasteiger partial charge < -0.3 is 5.11 Å². The van der Waals surface area contributed by atoms with Crippen LogP contribution < -0.4 is 0 Å². The molecule has 106 valence electrons. The lowest BCUT2D eigenvalue weighted by Gasteiger charge is -2.34. The second-order valence-electron chi connectivity index (χ2n) is 4.99. The Bertz CT molecular complexity index is 582. The Balaban J connectivity index is 2.47. The van der Waals surface area contributed by atoms with Crippen LogP contribution in [0.4, 0.5) is 0 Å². The van der Waals surface area contributed by atoms with Gasteiger partial charge in [-0.05, 0) is 52.9 Å². The van der Waals surface area contributed by atoms with Crippen LogP contribution in [-0.2, 0) is 16.6 Å². The van der Waals surface area contributed by atoms with Crippen LogP contribution in [0.3, 0.4) is 0 Å². The molecule has 1 aromatic rings. The fourth-order valence-corrected chi connectivity index (χ4v) is 4.63. The number of halogens is 1. The predicted molar refractivity (Wildman–Crippen MR) is 77.4 cm³/mol. The van der Waals surface area contributed by atoms with Gasteiger partial charge in [0.2, 0.25) is 10.0 Å². The van der Waals surface area contributed by atoms with Crippen LogP contribution in [0, 0.1) is 6.92 Å². The highest BCUT2D eigenvalue weighted by molar-refractivity contribution is 9.10. The van der Waals surface area contributed by atoms with Gasteiger partial charge in [-0.1, -0.05) is 12.5 Å². The van der Waals surface area contributed by atoms with Gasteiger partial charge in [0.05, 0.1) is 11.5 Å². The zero-order valence-corrected chi connectivity index (χ0v) is 13.5. The highest BCUT2D eigenvalue weighted by Gasteiger charge is 2.33. The number of sulfonamides is 1. The minimum Gasteiger partial charge on any atom is -0.392 e. The summed E-state index contributed by atoms with van der Waals surface area (Å²) in [4.78, 5) is 0.242. The number of benzene rings is 1. The van der Waals surface area contributed by atoms with E-state index in [4.69, 9.17) is 0 Å². The van der Waals surface area contributed by atoms with E-state index in [0.717, 1.165) is 24.8 Å². The van der Waals surface area contributed by atoms with Crippen LogP contribution in [0.1, 0.15) is 30.4 Å². The van der Waals surface area contributed by atoms with Gasteiger partial charge >= 0.3 is 0 Å². The monoisotopic (exact) mass is 347 g/mol. The summed E-state index contributed by atoms with van der Waals surface area (Å²) in [5, 5.41) is 9.22. The normalized spacial score (nSPS) is 16.7. The Morgan fingerprint density at radius 2 is 2.05 bits per heavy atom. The number of nitrogens with zero attached hydrogens (tertiary/aromatic N) is 1. The van der Waals surface area contributed by atoms with Crippen molar-refractivity contribution in [3.05, 3.63) is 27.7 Å². The van der Waals surface area contributed by atoms with Crippen LogP contribution in [0.15, 0.2) is 21.5 Å². The average molecular weight is 348 g/mol. The molecule has 0 heterocycles.